The highest BCUT2D eigenvalue weighted by atomic mass is 16.7. The van der Waals surface area contributed by atoms with E-state index >= 15 is 0 Å². The van der Waals surface area contributed by atoms with Gasteiger partial charge in [0.25, 0.3) is 0 Å². The number of hydrogen-bond acceptors (Lipinski definition) is 13. The Morgan fingerprint density at radius 1 is 0.398 bits per heavy atom. The van der Waals surface area contributed by atoms with Gasteiger partial charge in [-0.15, -0.1) is 0 Å². The molecular weight excluding hydrogens is 1170 g/mol. The van der Waals surface area contributed by atoms with Crippen molar-refractivity contribution in [3.63, 3.8) is 0 Å². The lowest BCUT2D eigenvalue weighted by molar-refractivity contribution is -0.359. The molecule has 0 spiro atoms. The maximum absolute atomic E-state index is 13.3. The van der Waals surface area contributed by atoms with Gasteiger partial charge in [-0.25, -0.2) is 0 Å². The predicted octanol–water partition coefficient (Wildman–Crippen LogP) is 15.6. The first-order valence-corrected chi connectivity index (χ1v) is 36.6. The summed E-state index contributed by atoms with van der Waals surface area (Å²) in [4.78, 5) is 13.3. The maximum Gasteiger partial charge on any atom is 0.220 e. The van der Waals surface area contributed by atoms with E-state index in [4.69, 9.17) is 18.9 Å². The molecule has 14 nitrogen and oxygen atoms in total. The minimum atomic E-state index is -1.80. The fraction of sp³-hybridized carbons (Fsp3) is 0.684. The average molecular weight is 1300 g/mol. The molecule has 0 radical (unpaired) electrons. The zero-order chi connectivity index (χ0) is 67.3. The third-order valence-electron chi connectivity index (χ3n) is 16.8. The highest BCUT2D eigenvalue weighted by Crippen LogP contribution is 2.30. The van der Waals surface area contributed by atoms with Crippen LogP contribution in [0.25, 0.3) is 0 Å². The molecule has 530 valence electrons. The van der Waals surface area contributed by atoms with Gasteiger partial charge in [0, 0.05) is 6.42 Å². The van der Waals surface area contributed by atoms with Crippen LogP contribution in [-0.2, 0) is 23.7 Å². The van der Waals surface area contributed by atoms with Crippen molar-refractivity contribution in [3.8, 4) is 0 Å². The standard InChI is InChI=1S/C79H131NO13/c1-3-5-7-9-11-13-15-17-19-21-23-24-25-26-27-28-29-30-31-32-33-34-35-36-37-38-39-40-41-42-43-44-45-47-49-51-53-55-57-59-61-63-71(84)80-67(68(83)62-60-58-56-54-52-50-48-46-22-20-18-16-14-12-10-8-6-4-2)66-90-78-76(89)74(87)77(70(65-82)92-78)93-79-75(88)73(86)72(85)69(64-81)91-79/h5,7,11,13,17,19,23-24,26-27,29-30,32-33,35-36,38-39,41-42,52,54,60,62,67-70,72-79,81-83,85-89H,3-4,6,8-10,12,14-16,18,20-22,25,28,31,34,37,40,43-51,53,55-59,61,63-66H2,1-2H3,(H,80,84)/b7-5-,13-11-,19-17-,24-23-,27-26-,30-29-,33-32-,36-35-,39-38-,42-41-,54-52+,62-60+. The molecule has 2 heterocycles. The van der Waals surface area contributed by atoms with Crippen molar-refractivity contribution in [2.24, 2.45) is 0 Å². The molecule has 2 rings (SSSR count). The van der Waals surface area contributed by atoms with Crippen molar-refractivity contribution in [1.82, 2.24) is 5.32 Å². The van der Waals surface area contributed by atoms with Crippen molar-refractivity contribution in [2.45, 2.75) is 325 Å². The zero-order valence-corrected chi connectivity index (χ0v) is 57.7. The molecule has 0 saturated carbocycles. The molecule has 2 aliphatic heterocycles. The van der Waals surface area contributed by atoms with Crippen LogP contribution in [0.1, 0.15) is 251 Å². The van der Waals surface area contributed by atoms with E-state index in [1.165, 1.54) is 116 Å². The molecular formula is C79H131NO13. The SMILES string of the molecule is CC/C=C\C/C=C\C/C=C\C/C=C\C/C=C\C/C=C\C/C=C\C/C=C\C/C=C\C/C=C\CCCCCCCCCCCCC(=O)NC(COC1OC(CO)C(OC2OC(CO)C(O)C(O)C2O)C(O)C1O)C(O)/C=C/CC/C=C/CCCCCCCCCCCCCC. The van der Waals surface area contributed by atoms with E-state index in [-0.39, 0.29) is 18.9 Å². The summed E-state index contributed by atoms with van der Waals surface area (Å²) < 4.78 is 22.8. The second kappa shape index (κ2) is 61.5. The number of hydrogen-bond donors (Lipinski definition) is 9. The lowest BCUT2D eigenvalue weighted by atomic mass is 9.97. The number of allylic oxidation sites excluding steroid dienone is 23. The number of nitrogens with one attached hydrogen (secondary N) is 1. The van der Waals surface area contributed by atoms with Crippen LogP contribution < -0.4 is 5.32 Å². The van der Waals surface area contributed by atoms with Gasteiger partial charge in [-0.3, -0.25) is 4.79 Å². The minimum Gasteiger partial charge on any atom is -0.394 e. The van der Waals surface area contributed by atoms with E-state index in [0.717, 1.165) is 103 Å². The predicted molar refractivity (Wildman–Crippen MR) is 382 cm³/mol. The van der Waals surface area contributed by atoms with Crippen molar-refractivity contribution >= 4 is 5.91 Å². The summed E-state index contributed by atoms with van der Waals surface area (Å²) in [6.45, 7) is 2.66. The summed E-state index contributed by atoms with van der Waals surface area (Å²) in [6, 6.07) is -0.944. The molecule has 14 heteroatoms. The van der Waals surface area contributed by atoms with Crippen LogP contribution in [0.4, 0.5) is 0 Å². The quantitative estimate of drug-likeness (QED) is 0.0204. The van der Waals surface area contributed by atoms with Crippen molar-refractivity contribution in [3.05, 3.63) is 146 Å². The van der Waals surface area contributed by atoms with Gasteiger partial charge in [-0.05, 0) is 109 Å². The lowest BCUT2D eigenvalue weighted by Gasteiger charge is -2.46. The highest BCUT2D eigenvalue weighted by molar-refractivity contribution is 5.76. The Labute approximate surface area is 563 Å². The largest absolute Gasteiger partial charge is 0.394 e. The molecule has 9 N–H and O–H groups in total. The Balaban J connectivity index is 1.63. The lowest BCUT2D eigenvalue weighted by Crippen LogP contribution is -2.65. The van der Waals surface area contributed by atoms with Crippen molar-refractivity contribution < 1.29 is 64.6 Å². The second-order valence-electron chi connectivity index (χ2n) is 25.0. The molecule has 2 fully saturated rings. The molecule has 1 amide bonds. The smallest absolute Gasteiger partial charge is 0.220 e. The van der Waals surface area contributed by atoms with Gasteiger partial charge in [0.2, 0.25) is 5.91 Å². The van der Waals surface area contributed by atoms with Crippen molar-refractivity contribution in [1.29, 1.82) is 0 Å². The Morgan fingerprint density at radius 3 is 1.18 bits per heavy atom. The molecule has 12 atom stereocenters. The van der Waals surface area contributed by atoms with Crippen LogP contribution in [0, 0.1) is 0 Å². The van der Waals surface area contributed by atoms with Gasteiger partial charge < -0.3 is 65.1 Å². The third kappa shape index (κ3) is 45.1. The van der Waals surface area contributed by atoms with Crippen LogP contribution in [-0.4, -0.2) is 140 Å². The number of ether oxygens (including phenoxy) is 4. The minimum absolute atomic E-state index is 0.259. The van der Waals surface area contributed by atoms with Gasteiger partial charge in [0.15, 0.2) is 12.6 Å². The maximum atomic E-state index is 13.3. The number of carbonyl (C=O) groups is 1. The molecule has 12 unspecified atom stereocenters. The zero-order valence-electron chi connectivity index (χ0n) is 57.7. The number of rotatable bonds is 58. The number of amides is 1. The molecule has 93 heavy (non-hydrogen) atoms. The molecule has 0 bridgehead atoms. The Morgan fingerprint density at radius 2 is 0.753 bits per heavy atom. The van der Waals surface area contributed by atoms with Crippen LogP contribution >= 0.6 is 0 Å². The number of aliphatic hydroxyl groups excluding tert-OH is 8. The highest BCUT2D eigenvalue weighted by Gasteiger charge is 2.51. The topological polar surface area (TPSA) is 228 Å². The first-order valence-electron chi connectivity index (χ1n) is 36.6. The van der Waals surface area contributed by atoms with E-state index in [0.29, 0.717) is 12.8 Å². The third-order valence-corrected chi connectivity index (χ3v) is 16.8. The summed E-state index contributed by atoms with van der Waals surface area (Å²) in [6.07, 6.45) is 76.2. The first kappa shape index (κ1) is 85.0. The van der Waals surface area contributed by atoms with Crippen LogP contribution in [0.15, 0.2) is 146 Å². The Hall–Kier alpha value is -4.13. The Bertz CT molecular complexity index is 2120. The van der Waals surface area contributed by atoms with Crippen molar-refractivity contribution in [2.75, 3.05) is 19.8 Å². The van der Waals surface area contributed by atoms with E-state index in [2.05, 4.69) is 153 Å². The summed E-state index contributed by atoms with van der Waals surface area (Å²) in [5.41, 5.74) is 0. The van der Waals surface area contributed by atoms with Crippen LogP contribution in [0.2, 0.25) is 0 Å². The van der Waals surface area contributed by atoms with Crippen LogP contribution in [0.5, 0.6) is 0 Å². The fourth-order valence-corrected chi connectivity index (χ4v) is 11.0. The van der Waals surface area contributed by atoms with Crippen LogP contribution in [0.3, 0.4) is 0 Å². The molecule has 0 aliphatic carbocycles. The van der Waals surface area contributed by atoms with Gasteiger partial charge in [-0.2, -0.15) is 0 Å². The number of carbonyl (C=O) groups excluding carboxylic acids is 1. The molecule has 0 aromatic carbocycles. The normalized spacial score (nSPS) is 23.5. The van der Waals surface area contributed by atoms with Gasteiger partial charge in [0.1, 0.15) is 48.8 Å². The van der Waals surface area contributed by atoms with E-state index in [9.17, 15) is 45.6 Å². The van der Waals surface area contributed by atoms with Gasteiger partial charge in [-0.1, -0.05) is 282 Å². The van der Waals surface area contributed by atoms with E-state index < -0.39 is 86.8 Å². The summed E-state index contributed by atoms with van der Waals surface area (Å²) >= 11 is 0. The first-order chi connectivity index (χ1) is 45.6. The number of unbranched alkanes of at least 4 members (excludes halogenated alkanes) is 23. The summed E-state index contributed by atoms with van der Waals surface area (Å²) in [7, 11) is 0. The van der Waals surface area contributed by atoms with Gasteiger partial charge in [0.05, 0.1) is 32.0 Å². The Kier molecular flexibility index (Phi) is 56.1. The summed E-state index contributed by atoms with van der Waals surface area (Å²) in [5, 5.41) is 87.4. The second-order valence-corrected chi connectivity index (χ2v) is 25.0. The molecule has 0 aromatic rings. The fourth-order valence-electron chi connectivity index (χ4n) is 11.0. The monoisotopic (exact) mass is 1300 g/mol. The van der Waals surface area contributed by atoms with Gasteiger partial charge >= 0.3 is 0 Å². The molecule has 2 saturated heterocycles. The average Bonchev–Trinajstić information content (AvgIpc) is 0.958. The molecule has 0 aromatic heterocycles. The van der Waals surface area contributed by atoms with E-state index in [1.54, 1.807) is 6.08 Å². The van der Waals surface area contributed by atoms with E-state index in [1.807, 2.05) is 6.08 Å². The summed E-state index contributed by atoms with van der Waals surface area (Å²) in [5.74, 6) is -0.259. The molecule has 2 aliphatic rings. The number of aliphatic hydroxyl groups is 8.